The maximum atomic E-state index is 12.9. The molecule has 1 saturated heterocycles. The second-order valence-electron chi connectivity index (χ2n) is 6.95. The second-order valence-corrected chi connectivity index (χ2v) is 7.36. The van der Waals surface area contributed by atoms with Crippen LogP contribution in [0.3, 0.4) is 0 Å². The van der Waals surface area contributed by atoms with Gasteiger partial charge in [-0.3, -0.25) is 9.59 Å². The minimum Gasteiger partial charge on any atom is -0.378 e. The zero-order valence-corrected chi connectivity index (χ0v) is 16.5. The summed E-state index contributed by atoms with van der Waals surface area (Å²) in [6.07, 6.45) is 0.756. The van der Waals surface area contributed by atoms with Crippen LogP contribution in [0.2, 0.25) is 5.02 Å². The lowest BCUT2D eigenvalue weighted by Crippen LogP contribution is -2.37. The zero-order valence-electron chi connectivity index (χ0n) is 15.7. The Balaban J connectivity index is 1.58. The van der Waals surface area contributed by atoms with Gasteiger partial charge in [-0.05, 0) is 42.3 Å². The maximum Gasteiger partial charge on any atom is 0.255 e. The third-order valence-corrected chi connectivity index (χ3v) is 5.48. The zero-order chi connectivity index (χ0) is 19.7. The van der Waals surface area contributed by atoms with Crippen LogP contribution in [0.5, 0.6) is 0 Å². The van der Waals surface area contributed by atoms with E-state index in [0.717, 1.165) is 36.4 Å². The number of morpholine rings is 1. The summed E-state index contributed by atoms with van der Waals surface area (Å²) in [4.78, 5) is 28.5. The number of halogens is 1. The Bertz CT molecular complexity index is 925. The number of nitrogens with one attached hydrogen (secondary N) is 1. The van der Waals surface area contributed by atoms with Crippen LogP contribution in [-0.2, 0) is 16.0 Å². The number of anilines is 3. The number of benzene rings is 2. The summed E-state index contributed by atoms with van der Waals surface area (Å²) in [6, 6.07) is 11.0. The van der Waals surface area contributed by atoms with Crippen molar-refractivity contribution in [1.29, 1.82) is 0 Å². The van der Waals surface area contributed by atoms with Gasteiger partial charge in [0.05, 0.1) is 29.6 Å². The standard InChI is InChI=1S/C21H22ClN3O3/c1-14(26)25-8-7-15-13-16(5-6-19(15)25)21(27)23-18-4-2-3-17(22)20(18)24-9-11-28-12-10-24/h2-6,13H,7-12H2,1H3,(H,23,27). The lowest BCUT2D eigenvalue weighted by atomic mass is 10.1. The van der Waals surface area contributed by atoms with Crippen LogP contribution in [-0.4, -0.2) is 44.7 Å². The number of para-hydroxylation sites is 1. The van der Waals surface area contributed by atoms with Gasteiger partial charge in [0.15, 0.2) is 0 Å². The molecule has 4 rings (SSSR count). The van der Waals surface area contributed by atoms with E-state index in [1.165, 1.54) is 0 Å². The van der Waals surface area contributed by atoms with E-state index in [0.29, 0.717) is 36.0 Å². The molecule has 0 saturated carbocycles. The third-order valence-electron chi connectivity index (χ3n) is 5.18. The first-order valence-electron chi connectivity index (χ1n) is 9.38. The van der Waals surface area contributed by atoms with Crippen molar-refractivity contribution in [2.45, 2.75) is 13.3 Å². The van der Waals surface area contributed by atoms with Crippen molar-refractivity contribution in [3.63, 3.8) is 0 Å². The molecule has 2 aliphatic rings. The molecule has 0 aromatic heterocycles. The van der Waals surface area contributed by atoms with Crippen molar-refractivity contribution in [3.05, 3.63) is 52.5 Å². The van der Waals surface area contributed by atoms with Crippen LogP contribution in [0, 0.1) is 0 Å². The normalized spacial score (nSPS) is 16.1. The van der Waals surface area contributed by atoms with Crippen molar-refractivity contribution in [2.75, 3.05) is 48.0 Å². The van der Waals surface area contributed by atoms with Gasteiger partial charge in [0.1, 0.15) is 0 Å². The molecule has 7 heteroatoms. The van der Waals surface area contributed by atoms with Gasteiger partial charge in [0.25, 0.3) is 5.91 Å². The maximum absolute atomic E-state index is 12.9. The molecule has 146 valence electrons. The molecule has 1 N–H and O–H groups in total. The number of carbonyl (C=O) groups is 2. The van der Waals surface area contributed by atoms with Gasteiger partial charge in [-0.2, -0.15) is 0 Å². The van der Waals surface area contributed by atoms with E-state index < -0.39 is 0 Å². The fourth-order valence-electron chi connectivity index (χ4n) is 3.79. The summed E-state index contributed by atoms with van der Waals surface area (Å²) in [5.41, 5.74) is 3.98. The quantitative estimate of drug-likeness (QED) is 0.859. The summed E-state index contributed by atoms with van der Waals surface area (Å²) in [5, 5.41) is 3.61. The smallest absolute Gasteiger partial charge is 0.255 e. The summed E-state index contributed by atoms with van der Waals surface area (Å²) >= 11 is 6.44. The van der Waals surface area contributed by atoms with Crippen LogP contribution in [0.25, 0.3) is 0 Å². The van der Waals surface area contributed by atoms with Gasteiger partial charge in [-0.15, -0.1) is 0 Å². The highest BCUT2D eigenvalue weighted by Crippen LogP contribution is 2.35. The van der Waals surface area contributed by atoms with Crippen molar-refractivity contribution in [2.24, 2.45) is 0 Å². The number of rotatable bonds is 3. The number of carbonyl (C=O) groups excluding carboxylic acids is 2. The summed E-state index contributed by atoms with van der Waals surface area (Å²) in [6.45, 7) is 4.94. The average Bonchev–Trinajstić information content (AvgIpc) is 3.12. The van der Waals surface area contributed by atoms with E-state index in [1.54, 1.807) is 17.9 Å². The highest BCUT2D eigenvalue weighted by atomic mass is 35.5. The number of hydrogen-bond acceptors (Lipinski definition) is 4. The number of nitrogens with zero attached hydrogens (tertiary/aromatic N) is 2. The number of amides is 2. The SMILES string of the molecule is CC(=O)N1CCc2cc(C(=O)Nc3cccc(Cl)c3N3CCOCC3)ccc21. The van der Waals surface area contributed by atoms with Crippen molar-refractivity contribution in [1.82, 2.24) is 0 Å². The molecule has 2 aromatic rings. The first-order chi connectivity index (χ1) is 13.5. The minimum absolute atomic E-state index is 0.0185. The highest BCUT2D eigenvalue weighted by molar-refractivity contribution is 6.34. The first kappa shape index (κ1) is 18.8. The van der Waals surface area contributed by atoms with Gasteiger partial charge in [0.2, 0.25) is 5.91 Å². The minimum atomic E-state index is -0.194. The number of ether oxygens (including phenoxy) is 1. The number of fused-ring (bicyclic) bond motifs is 1. The van der Waals surface area contributed by atoms with Crippen molar-refractivity contribution >= 4 is 40.5 Å². The van der Waals surface area contributed by atoms with Crippen LogP contribution in [0.4, 0.5) is 17.1 Å². The Morgan fingerprint density at radius 3 is 2.64 bits per heavy atom. The molecular weight excluding hydrogens is 378 g/mol. The van der Waals surface area contributed by atoms with Crippen LogP contribution in [0.1, 0.15) is 22.8 Å². The highest BCUT2D eigenvalue weighted by Gasteiger charge is 2.24. The lowest BCUT2D eigenvalue weighted by molar-refractivity contribution is -0.116. The van der Waals surface area contributed by atoms with Gasteiger partial charge in [-0.1, -0.05) is 17.7 Å². The molecule has 28 heavy (non-hydrogen) atoms. The summed E-state index contributed by atoms with van der Waals surface area (Å²) in [5.74, 6) is -0.175. The molecule has 0 atom stereocenters. The van der Waals surface area contributed by atoms with Gasteiger partial charge < -0.3 is 19.9 Å². The largest absolute Gasteiger partial charge is 0.378 e. The number of hydrogen-bond donors (Lipinski definition) is 1. The van der Waals surface area contributed by atoms with Crippen molar-refractivity contribution < 1.29 is 14.3 Å². The molecule has 2 aromatic carbocycles. The van der Waals surface area contributed by atoms with E-state index in [-0.39, 0.29) is 11.8 Å². The molecule has 2 aliphatic heterocycles. The van der Waals surface area contributed by atoms with Crippen LogP contribution in [0.15, 0.2) is 36.4 Å². The van der Waals surface area contributed by atoms with Gasteiger partial charge in [0, 0.05) is 37.8 Å². The monoisotopic (exact) mass is 399 g/mol. The molecule has 0 aliphatic carbocycles. The Hall–Kier alpha value is -2.57. The predicted molar refractivity (Wildman–Crippen MR) is 111 cm³/mol. The van der Waals surface area contributed by atoms with E-state index >= 15 is 0 Å². The van der Waals surface area contributed by atoms with Crippen LogP contribution < -0.4 is 15.1 Å². The average molecular weight is 400 g/mol. The molecule has 0 radical (unpaired) electrons. The Kier molecular flexibility index (Phi) is 5.24. The molecular formula is C21H22ClN3O3. The summed E-state index contributed by atoms with van der Waals surface area (Å²) in [7, 11) is 0. The Labute approximate surface area is 169 Å². The third kappa shape index (κ3) is 3.57. The fraction of sp³-hybridized carbons (Fsp3) is 0.333. The fourth-order valence-corrected chi connectivity index (χ4v) is 4.08. The van der Waals surface area contributed by atoms with Crippen LogP contribution >= 0.6 is 11.6 Å². The molecule has 0 spiro atoms. The molecule has 0 unspecified atom stereocenters. The Morgan fingerprint density at radius 1 is 1.11 bits per heavy atom. The van der Waals surface area contributed by atoms with Gasteiger partial charge in [-0.25, -0.2) is 0 Å². The lowest BCUT2D eigenvalue weighted by Gasteiger charge is -2.31. The van der Waals surface area contributed by atoms with E-state index in [9.17, 15) is 9.59 Å². The topological polar surface area (TPSA) is 61.9 Å². The molecule has 2 heterocycles. The van der Waals surface area contributed by atoms with E-state index in [4.69, 9.17) is 16.3 Å². The van der Waals surface area contributed by atoms with Gasteiger partial charge >= 0.3 is 0 Å². The first-order valence-corrected chi connectivity index (χ1v) is 9.76. The molecule has 1 fully saturated rings. The molecule has 2 amide bonds. The second kappa shape index (κ2) is 7.81. The van der Waals surface area contributed by atoms with E-state index in [1.807, 2.05) is 30.3 Å². The van der Waals surface area contributed by atoms with Crippen molar-refractivity contribution in [3.8, 4) is 0 Å². The van der Waals surface area contributed by atoms with E-state index in [2.05, 4.69) is 10.2 Å². The molecule has 6 nitrogen and oxygen atoms in total. The molecule has 0 bridgehead atoms. The predicted octanol–water partition coefficient (Wildman–Crippen LogP) is 3.34. The summed E-state index contributed by atoms with van der Waals surface area (Å²) < 4.78 is 5.42. The Morgan fingerprint density at radius 2 is 1.89 bits per heavy atom.